The second-order valence-electron chi connectivity index (χ2n) is 12.5. The standard InChI is InChI=1S/C32H44O14/c1-15-9-10-24(42-19(5)35)31(8)25(43-20(6)36)13-23(45-27(38)11-16(2)41-18(4)34)22(14-33)12-26-32(40,17(3)30(39)46-26)29(28(15)31)44-21(7)37/h9,12,16-17,23-26,28-29,33,40H,10-11,13-14H2,1-8H3/b22-12-/t16-,17+,23-,24+,25+,26+,28-,29+,31-,32+/m1/s1. The summed E-state index contributed by atoms with van der Waals surface area (Å²) in [6.45, 7) is 10.2. The highest BCUT2D eigenvalue weighted by Crippen LogP contribution is 2.55. The second-order valence-corrected chi connectivity index (χ2v) is 12.5. The van der Waals surface area contributed by atoms with Gasteiger partial charge in [-0.3, -0.25) is 28.8 Å². The van der Waals surface area contributed by atoms with Crippen molar-refractivity contribution < 1.29 is 67.4 Å². The van der Waals surface area contributed by atoms with Crippen LogP contribution in [0.25, 0.3) is 0 Å². The predicted molar refractivity (Wildman–Crippen MR) is 156 cm³/mol. The van der Waals surface area contributed by atoms with Crippen LogP contribution in [0.15, 0.2) is 23.3 Å². The molecule has 0 saturated carbocycles. The molecule has 0 bridgehead atoms. The molecular weight excluding hydrogens is 608 g/mol. The largest absolute Gasteiger partial charge is 0.462 e. The fourth-order valence-electron chi connectivity index (χ4n) is 6.98. The molecule has 14 heteroatoms. The first kappa shape index (κ1) is 36.7. The first-order chi connectivity index (χ1) is 21.4. The summed E-state index contributed by atoms with van der Waals surface area (Å²) in [5, 5.41) is 23.1. The van der Waals surface area contributed by atoms with Gasteiger partial charge in [0.25, 0.3) is 0 Å². The van der Waals surface area contributed by atoms with Crippen LogP contribution in [0.4, 0.5) is 0 Å². The molecule has 46 heavy (non-hydrogen) atoms. The van der Waals surface area contributed by atoms with Gasteiger partial charge >= 0.3 is 35.8 Å². The molecule has 10 atom stereocenters. The number of esters is 6. The lowest BCUT2D eigenvalue weighted by Gasteiger charge is -2.55. The van der Waals surface area contributed by atoms with Gasteiger partial charge in [0.15, 0.2) is 11.7 Å². The highest BCUT2D eigenvalue weighted by Gasteiger charge is 2.67. The topological polar surface area (TPSA) is 198 Å². The van der Waals surface area contributed by atoms with Crippen LogP contribution in [-0.4, -0.2) is 94.9 Å². The van der Waals surface area contributed by atoms with Crippen LogP contribution in [0.5, 0.6) is 0 Å². The van der Waals surface area contributed by atoms with Gasteiger partial charge in [-0.2, -0.15) is 0 Å². The van der Waals surface area contributed by atoms with Crippen molar-refractivity contribution in [1.82, 2.24) is 0 Å². The molecule has 0 radical (unpaired) electrons. The van der Waals surface area contributed by atoms with Gasteiger partial charge in [0.2, 0.25) is 0 Å². The molecule has 1 aliphatic heterocycles. The number of ether oxygens (including phenoxy) is 6. The number of aliphatic hydroxyl groups excluding tert-OH is 1. The molecule has 0 aromatic heterocycles. The Hall–Kier alpha value is -3.78. The number of hydrogen-bond acceptors (Lipinski definition) is 14. The van der Waals surface area contributed by atoms with Crippen LogP contribution in [0.2, 0.25) is 0 Å². The van der Waals surface area contributed by atoms with Crippen LogP contribution in [-0.2, 0) is 57.2 Å². The van der Waals surface area contributed by atoms with Crippen molar-refractivity contribution in [3.05, 3.63) is 23.3 Å². The zero-order chi connectivity index (χ0) is 34.7. The Morgan fingerprint density at radius 3 is 2.11 bits per heavy atom. The predicted octanol–water partition coefficient (Wildman–Crippen LogP) is 1.62. The van der Waals surface area contributed by atoms with E-state index in [0.717, 1.165) is 13.8 Å². The Balaban J connectivity index is 2.36. The van der Waals surface area contributed by atoms with Crippen molar-refractivity contribution in [2.45, 2.75) is 117 Å². The maximum absolute atomic E-state index is 13.1. The first-order valence-corrected chi connectivity index (χ1v) is 15.1. The number of rotatable bonds is 8. The SMILES string of the molecule is CC(=O)O[C@H](C)CC(=O)O[C@@H]1C[C@H](OC(C)=O)[C@@]2(C)[C@@H](OC(C)=O)CC=C(C)[C@@H]2[C@H](OC(C)=O)[C@@]2(O)[C@H](/C=C\1CO)OC(=O)[C@@H]2C. The molecule has 1 heterocycles. The summed E-state index contributed by atoms with van der Waals surface area (Å²) in [4.78, 5) is 75.3. The lowest BCUT2D eigenvalue weighted by atomic mass is 9.56. The molecule has 1 saturated heterocycles. The maximum Gasteiger partial charge on any atom is 0.312 e. The lowest BCUT2D eigenvalue weighted by molar-refractivity contribution is -0.218. The smallest absolute Gasteiger partial charge is 0.312 e. The average molecular weight is 653 g/mol. The van der Waals surface area contributed by atoms with Gasteiger partial charge in [0.05, 0.1) is 24.4 Å². The third-order valence-corrected chi connectivity index (χ3v) is 9.10. The Morgan fingerprint density at radius 2 is 1.57 bits per heavy atom. The van der Waals surface area contributed by atoms with Crippen molar-refractivity contribution in [2.75, 3.05) is 6.61 Å². The van der Waals surface area contributed by atoms with Gasteiger partial charge < -0.3 is 38.6 Å². The summed E-state index contributed by atoms with van der Waals surface area (Å²) < 4.78 is 34.0. The van der Waals surface area contributed by atoms with E-state index < -0.39 is 102 Å². The first-order valence-electron chi connectivity index (χ1n) is 15.1. The number of fused-ring (bicyclic) bond motifs is 2. The number of hydrogen-bond donors (Lipinski definition) is 2. The van der Waals surface area contributed by atoms with Crippen molar-refractivity contribution in [3.8, 4) is 0 Å². The minimum atomic E-state index is -2.27. The van der Waals surface area contributed by atoms with Crippen molar-refractivity contribution >= 4 is 35.8 Å². The fraction of sp³-hybridized carbons (Fsp3) is 0.688. The highest BCUT2D eigenvalue weighted by molar-refractivity contribution is 5.78. The summed E-state index contributed by atoms with van der Waals surface area (Å²) in [5.74, 6) is -6.80. The third kappa shape index (κ3) is 7.43. The van der Waals surface area contributed by atoms with Crippen molar-refractivity contribution in [1.29, 1.82) is 0 Å². The summed E-state index contributed by atoms with van der Waals surface area (Å²) in [6, 6.07) is 0. The molecule has 3 aliphatic rings. The molecule has 1 fully saturated rings. The quantitative estimate of drug-likeness (QED) is 0.218. The summed E-state index contributed by atoms with van der Waals surface area (Å²) in [6.07, 6.45) is -5.03. The molecule has 0 aromatic carbocycles. The Morgan fingerprint density at radius 1 is 0.978 bits per heavy atom. The molecule has 2 aliphatic carbocycles. The molecule has 2 N–H and O–H groups in total. The van der Waals surface area contributed by atoms with Crippen LogP contribution in [0.3, 0.4) is 0 Å². The maximum atomic E-state index is 13.1. The zero-order valence-corrected chi connectivity index (χ0v) is 27.4. The molecule has 256 valence electrons. The number of carbonyl (C=O) groups is 6. The summed E-state index contributed by atoms with van der Waals surface area (Å²) in [5.41, 5.74) is -3.20. The molecule has 3 rings (SSSR count). The normalized spacial score (nSPS) is 35.8. The van der Waals surface area contributed by atoms with Crippen LogP contribution < -0.4 is 0 Å². The molecular formula is C32H44O14. The molecule has 14 nitrogen and oxygen atoms in total. The van der Waals surface area contributed by atoms with E-state index >= 15 is 0 Å². The van der Waals surface area contributed by atoms with E-state index in [1.54, 1.807) is 19.9 Å². The number of carbonyl (C=O) groups excluding carboxylic acids is 6. The lowest BCUT2D eigenvalue weighted by Crippen LogP contribution is -2.65. The van der Waals surface area contributed by atoms with Gasteiger partial charge in [-0.05, 0) is 32.4 Å². The summed E-state index contributed by atoms with van der Waals surface area (Å²) in [7, 11) is 0. The van der Waals surface area contributed by atoms with Gasteiger partial charge in [0, 0.05) is 46.5 Å². The van der Waals surface area contributed by atoms with E-state index in [1.165, 1.54) is 33.8 Å². The Labute approximate surface area is 267 Å². The minimum Gasteiger partial charge on any atom is -0.462 e. The minimum absolute atomic E-state index is 0.0216. The number of aliphatic hydroxyl groups is 2. The van der Waals surface area contributed by atoms with E-state index in [1.807, 2.05) is 0 Å². The fourth-order valence-corrected chi connectivity index (χ4v) is 6.98. The van der Waals surface area contributed by atoms with Gasteiger partial charge in [-0.15, -0.1) is 0 Å². The average Bonchev–Trinajstić information content (AvgIpc) is 3.14. The van der Waals surface area contributed by atoms with Gasteiger partial charge in [-0.25, -0.2) is 0 Å². The zero-order valence-electron chi connectivity index (χ0n) is 27.4. The van der Waals surface area contributed by atoms with E-state index in [-0.39, 0.29) is 24.8 Å². The van der Waals surface area contributed by atoms with Crippen LogP contribution in [0, 0.1) is 17.3 Å². The van der Waals surface area contributed by atoms with E-state index in [2.05, 4.69) is 0 Å². The monoisotopic (exact) mass is 652 g/mol. The van der Waals surface area contributed by atoms with E-state index in [0.29, 0.717) is 5.57 Å². The highest BCUT2D eigenvalue weighted by atomic mass is 16.6. The van der Waals surface area contributed by atoms with Crippen LogP contribution >= 0.6 is 0 Å². The van der Waals surface area contributed by atoms with E-state index in [4.69, 9.17) is 28.4 Å². The Kier molecular flexibility index (Phi) is 11.4. The van der Waals surface area contributed by atoms with Gasteiger partial charge in [0.1, 0.15) is 30.5 Å². The molecule has 0 amide bonds. The third-order valence-electron chi connectivity index (χ3n) is 9.10. The molecule has 0 aromatic rings. The van der Waals surface area contributed by atoms with Crippen LogP contribution in [0.1, 0.15) is 74.7 Å². The van der Waals surface area contributed by atoms with E-state index in [9.17, 15) is 39.0 Å². The van der Waals surface area contributed by atoms with Crippen molar-refractivity contribution in [2.24, 2.45) is 17.3 Å². The molecule has 0 unspecified atom stereocenters. The Bertz CT molecular complexity index is 1300. The summed E-state index contributed by atoms with van der Waals surface area (Å²) >= 11 is 0. The van der Waals surface area contributed by atoms with Gasteiger partial charge in [-0.1, -0.05) is 18.6 Å². The second kappa shape index (κ2) is 14.3. The van der Waals surface area contributed by atoms with Crippen molar-refractivity contribution in [3.63, 3.8) is 0 Å². The molecule has 0 spiro atoms.